The summed E-state index contributed by atoms with van der Waals surface area (Å²) in [6.07, 6.45) is -0.436. The second-order valence-electron chi connectivity index (χ2n) is 5.93. The van der Waals surface area contributed by atoms with Crippen LogP contribution in [-0.4, -0.2) is 33.2 Å². The van der Waals surface area contributed by atoms with Crippen LogP contribution < -0.4 is 5.32 Å². The maximum absolute atomic E-state index is 11.0. The topological polar surface area (TPSA) is 47.6 Å². The lowest BCUT2D eigenvalue weighted by molar-refractivity contribution is 0.130. The van der Waals surface area contributed by atoms with E-state index in [1.54, 1.807) is 0 Å². The van der Waals surface area contributed by atoms with Crippen LogP contribution in [0.5, 0.6) is 0 Å². The zero-order valence-electron chi connectivity index (χ0n) is 11.1. The van der Waals surface area contributed by atoms with Gasteiger partial charge in [0.25, 0.3) is 0 Å². The maximum atomic E-state index is 11.0. The van der Waals surface area contributed by atoms with Crippen LogP contribution in [0, 0.1) is 0 Å². The fourth-order valence-corrected chi connectivity index (χ4v) is 2.27. The number of rotatable bonds is 3. The first-order chi connectivity index (χ1) is 7.13. The summed E-state index contributed by atoms with van der Waals surface area (Å²) in [4.78, 5) is 11.0. The molecule has 1 aliphatic rings. The molecular formula is C11H23NO3Si. The highest BCUT2D eigenvalue weighted by Crippen LogP contribution is 2.36. The predicted molar refractivity (Wildman–Crippen MR) is 66.0 cm³/mol. The third-order valence-electron chi connectivity index (χ3n) is 3.59. The van der Waals surface area contributed by atoms with Crippen molar-refractivity contribution in [3.05, 3.63) is 0 Å². The zero-order chi connectivity index (χ0) is 12.6. The van der Waals surface area contributed by atoms with Gasteiger partial charge in [-0.3, -0.25) is 0 Å². The second-order valence-corrected chi connectivity index (χ2v) is 10.7. The highest BCUT2D eigenvalue weighted by Gasteiger charge is 2.39. The van der Waals surface area contributed by atoms with Gasteiger partial charge in [0, 0.05) is 0 Å². The molecule has 1 heterocycles. The fraction of sp³-hybridized carbons (Fsp3) is 0.909. The minimum Gasteiger partial charge on any atom is -0.444 e. The van der Waals surface area contributed by atoms with Crippen LogP contribution >= 0.6 is 0 Å². The Morgan fingerprint density at radius 1 is 1.44 bits per heavy atom. The van der Waals surface area contributed by atoms with Crippen molar-refractivity contribution in [3.8, 4) is 0 Å². The van der Waals surface area contributed by atoms with Gasteiger partial charge in [-0.25, -0.2) is 4.79 Å². The average molecular weight is 245 g/mol. The summed E-state index contributed by atoms with van der Waals surface area (Å²) in [6.45, 7) is 13.4. The molecule has 1 saturated heterocycles. The van der Waals surface area contributed by atoms with E-state index >= 15 is 0 Å². The molecule has 0 saturated carbocycles. The summed E-state index contributed by atoms with van der Waals surface area (Å²) in [6, 6.07) is -0.0124. The molecule has 0 aromatic rings. The number of cyclic esters (lactones) is 1. The summed E-state index contributed by atoms with van der Waals surface area (Å²) in [7, 11) is -1.73. The van der Waals surface area contributed by atoms with Crippen molar-refractivity contribution < 1.29 is 14.0 Å². The molecule has 1 aliphatic heterocycles. The lowest BCUT2D eigenvalue weighted by Crippen LogP contribution is -2.45. The summed E-state index contributed by atoms with van der Waals surface area (Å²) in [5, 5.41) is 2.96. The molecule has 0 aromatic heterocycles. The molecule has 2 atom stereocenters. The highest BCUT2D eigenvalue weighted by atomic mass is 28.4. The van der Waals surface area contributed by atoms with Crippen LogP contribution in [0.1, 0.15) is 27.7 Å². The van der Waals surface area contributed by atoms with Gasteiger partial charge in [-0.05, 0) is 25.1 Å². The van der Waals surface area contributed by atoms with Crippen molar-refractivity contribution in [1.82, 2.24) is 5.32 Å². The van der Waals surface area contributed by atoms with Gasteiger partial charge in [-0.15, -0.1) is 0 Å². The van der Waals surface area contributed by atoms with Gasteiger partial charge >= 0.3 is 6.09 Å². The number of alkyl carbamates (subject to hydrolysis) is 1. The largest absolute Gasteiger partial charge is 0.444 e. The summed E-state index contributed by atoms with van der Waals surface area (Å²) >= 11 is 0. The minimum atomic E-state index is -1.73. The molecule has 1 N–H and O–H groups in total. The van der Waals surface area contributed by atoms with Crippen LogP contribution in [0.3, 0.4) is 0 Å². The summed E-state index contributed by atoms with van der Waals surface area (Å²) in [5.74, 6) is 0. The Kier molecular flexibility index (Phi) is 3.69. The number of ether oxygens (including phenoxy) is 1. The van der Waals surface area contributed by atoms with E-state index in [0.29, 0.717) is 6.61 Å². The fourth-order valence-electron chi connectivity index (χ4n) is 1.25. The average Bonchev–Trinajstić information content (AvgIpc) is 2.39. The Labute approximate surface area is 98.8 Å². The Morgan fingerprint density at radius 3 is 2.38 bits per heavy atom. The van der Waals surface area contributed by atoms with Gasteiger partial charge in [0.1, 0.15) is 6.10 Å². The third-order valence-corrected chi connectivity index (χ3v) is 8.09. The van der Waals surface area contributed by atoms with E-state index in [4.69, 9.17) is 9.16 Å². The van der Waals surface area contributed by atoms with Gasteiger partial charge in [0.2, 0.25) is 0 Å². The van der Waals surface area contributed by atoms with E-state index in [-0.39, 0.29) is 23.3 Å². The molecule has 0 aromatic carbocycles. The molecule has 0 aliphatic carbocycles. The van der Waals surface area contributed by atoms with Gasteiger partial charge in [-0.2, -0.15) is 0 Å². The Hall–Kier alpha value is -0.553. The molecule has 1 amide bonds. The molecular weight excluding hydrogens is 222 g/mol. The number of hydrogen-bond acceptors (Lipinski definition) is 3. The lowest BCUT2D eigenvalue weighted by Gasteiger charge is -2.37. The quantitative estimate of drug-likeness (QED) is 0.777. The molecule has 16 heavy (non-hydrogen) atoms. The molecule has 1 fully saturated rings. The normalized spacial score (nSPS) is 26.5. The van der Waals surface area contributed by atoms with E-state index in [9.17, 15) is 4.79 Å². The first-order valence-corrected chi connectivity index (χ1v) is 8.65. The number of hydrogen-bond donors (Lipinski definition) is 1. The number of amides is 1. The van der Waals surface area contributed by atoms with E-state index in [1.807, 2.05) is 6.92 Å². The molecule has 0 radical (unpaired) electrons. The molecule has 0 unspecified atom stereocenters. The van der Waals surface area contributed by atoms with Crippen molar-refractivity contribution in [2.24, 2.45) is 0 Å². The summed E-state index contributed by atoms with van der Waals surface area (Å²) < 4.78 is 11.1. The van der Waals surface area contributed by atoms with Crippen molar-refractivity contribution in [2.75, 3.05) is 6.61 Å². The van der Waals surface area contributed by atoms with Crippen molar-refractivity contribution >= 4 is 14.4 Å². The van der Waals surface area contributed by atoms with E-state index < -0.39 is 8.32 Å². The maximum Gasteiger partial charge on any atom is 0.407 e. The number of carbonyl (C=O) groups is 1. The van der Waals surface area contributed by atoms with E-state index in [1.165, 1.54) is 0 Å². The van der Waals surface area contributed by atoms with Crippen molar-refractivity contribution in [3.63, 3.8) is 0 Å². The first kappa shape index (κ1) is 13.5. The SMILES string of the molecule is C[C@@H]1OC(=O)N[C@H]1CO[Si](C)(C)C(C)(C)C. The van der Waals surface area contributed by atoms with Gasteiger partial charge in [0.15, 0.2) is 8.32 Å². The molecule has 5 heteroatoms. The first-order valence-electron chi connectivity index (χ1n) is 5.74. The van der Waals surface area contributed by atoms with Crippen LogP contribution in [0.4, 0.5) is 4.79 Å². The third kappa shape index (κ3) is 2.98. The van der Waals surface area contributed by atoms with Crippen LogP contribution in [0.25, 0.3) is 0 Å². The highest BCUT2D eigenvalue weighted by molar-refractivity contribution is 6.74. The zero-order valence-corrected chi connectivity index (χ0v) is 12.1. The Bertz CT molecular complexity index is 273. The molecule has 0 spiro atoms. The Balaban J connectivity index is 2.49. The number of nitrogens with one attached hydrogen (secondary N) is 1. The van der Waals surface area contributed by atoms with Gasteiger partial charge in [0.05, 0.1) is 12.6 Å². The molecule has 0 bridgehead atoms. The Morgan fingerprint density at radius 2 is 2.00 bits per heavy atom. The van der Waals surface area contributed by atoms with Gasteiger partial charge < -0.3 is 14.5 Å². The van der Waals surface area contributed by atoms with E-state index in [2.05, 4.69) is 39.2 Å². The lowest BCUT2D eigenvalue weighted by atomic mass is 10.2. The van der Waals surface area contributed by atoms with Crippen LogP contribution in [0.15, 0.2) is 0 Å². The minimum absolute atomic E-state index is 0.0124. The second kappa shape index (κ2) is 4.37. The predicted octanol–water partition coefficient (Wildman–Crippen LogP) is 2.51. The smallest absolute Gasteiger partial charge is 0.407 e. The van der Waals surface area contributed by atoms with Crippen LogP contribution in [-0.2, 0) is 9.16 Å². The van der Waals surface area contributed by atoms with Gasteiger partial charge in [-0.1, -0.05) is 20.8 Å². The monoisotopic (exact) mass is 245 g/mol. The van der Waals surface area contributed by atoms with Crippen molar-refractivity contribution in [1.29, 1.82) is 0 Å². The molecule has 4 nitrogen and oxygen atoms in total. The summed E-state index contributed by atoms with van der Waals surface area (Å²) in [5.41, 5.74) is 0. The number of carbonyl (C=O) groups excluding carboxylic acids is 1. The standard InChI is InChI=1S/C11H23NO3Si/c1-8-9(12-10(13)15-8)7-14-16(5,6)11(2,3)4/h8-9H,7H2,1-6H3,(H,12,13)/t8-,9-/m0/s1. The molecule has 1 rings (SSSR count). The van der Waals surface area contributed by atoms with Crippen LogP contribution in [0.2, 0.25) is 18.1 Å². The van der Waals surface area contributed by atoms with E-state index in [0.717, 1.165) is 0 Å². The molecule has 94 valence electrons. The van der Waals surface area contributed by atoms with Crippen molar-refractivity contribution in [2.45, 2.75) is 58.0 Å².